The normalized spacial score (nSPS) is 14.8. The molecule has 1 atom stereocenters. The lowest BCUT2D eigenvalue weighted by molar-refractivity contribution is -0.139. The predicted octanol–water partition coefficient (Wildman–Crippen LogP) is 4.40. The second-order valence-electron chi connectivity index (χ2n) is 8.82. The zero-order chi connectivity index (χ0) is 28.8. The largest absolute Gasteiger partial charge is 0.466 e. The number of anilines is 2. The SMILES string of the molecule is CCc1ccccc1NC(=O)c1ccccc1N1C(N)=C(C#N)C(c2ccccc2)C(C(=O)OC)=C1C(=O)OC. The lowest BCUT2D eigenvalue weighted by Crippen LogP contribution is -2.41. The van der Waals surface area contributed by atoms with Gasteiger partial charge in [-0.2, -0.15) is 5.26 Å². The van der Waals surface area contributed by atoms with E-state index in [0.717, 1.165) is 5.56 Å². The Morgan fingerprint density at radius 2 is 1.55 bits per heavy atom. The van der Waals surface area contributed by atoms with Crippen molar-refractivity contribution in [3.63, 3.8) is 0 Å². The van der Waals surface area contributed by atoms with Gasteiger partial charge in [0, 0.05) is 5.69 Å². The monoisotopic (exact) mass is 536 g/mol. The van der Waals surface area contributed by atoms with Gasteiger partial charge in [-0.15, -0.1) is 0 Å². The predicted molar refractivity (Wildman–Crippen MR) is 150 cm³/mol. The Balaban J connectivity index is 1.97. The van der Waals surface area contributed by atoms with Crippen LogP contribution >= 0.6 is 0 Å². The molecule has 4 rings (SSSR count). The van der Waals surface area contributed by atoms with E-state index in [1.54, 1.807) is 60.7 Å². The summed E-state index contributed by atoms with van der Waals surface area (Å²) in [5, 5.41) is 13.2. The van der Waals surface area contributed by atoms with E-state index < -0.39 is 23.8 Å². The molecule has 40 heavy (non-hydrogen) atoms. The van der Waals surface area contributed by atoms with Gasteiger partial charge in [-0.25, -0.2) is 9.59 Å². The number of ether oxygens (including phenoxy) is 2. The zero-order valence-corrected chi connectivity index (χ0v) is 22.3. The van der Waals surface area contributed by atoms with Crippen LogP contribution in [0, 0.1) is 11.3 Å². The summed E-state index contributed by atoms with van der Waals surface area (Å²) < 4.78 is 10.2. The molecular formula is C31H28N4O5. The van der Waals surface area contributed by atoms with Crippen molar-refractivity contribution in [2.75, 3.05) is 24.4 Å². The minimum absolute atomic E-state index is 0.00536. The van der Waals surface area contributed by atoms with E-state index >= 15 is 0 Å². The summed E-state index contributed by atoms with van der Waals surface area (Å²) in [5.74, 6) is -3.36. The Bertz CT molecular complexity index is 1570. The molecule has 0 aliphatic carbocycles. The maximum atomic E-state index is 13.6. The third-order valence-electron chi connectivity index (χ3n) is 6.65. The molecule has 9 heteroatoms. The maximum absolute atomic E-state index is 13.6. The summed E-state index contributed by atoms with van der Waals surface area (Å²) in [6.45, 7) is 1.98. The third kappa shape index (κ3) is 5.02. The molecule has 1 amide bonds. The zero-order valence-electron chi connectivity index (χ0n) is 22.3. The quantitative estimate of drug-likeness (QED) is 0.424. The number of nitrogens with one attached hydrogen (secondary N) is 1. The van der Waals surface area contributed by atoms with E-state index in [9.17, 15) is 19.6 Å². The number of amides is 1. The third-order valence-corrected chi connectivity index (χ3v) is 6.65. The molecule has 202 valence electrons. The minimum Gasteiger partial charge on any atom is -0.466 e. The van der Waals surface area contributed by atoms with Crippen LogP contribution in [0.4, 0.5) is 11.4 Å². The number of esters is 2. The molecule has 9 nitrogen and oxygen atoms in total. The van der Waals surface area contributed by atoms with Crippen molar-refractivity contribution in [3.05, 3.63) is 118 Å². The van der Waals surface area contributed by atoms with E-state index in [1.807, 2.05) is 25.1 Å². The second-order valence-corrected chi connectivity index (χ2v) is 8.82. The van der Waals surface area contributed by atoms with Gasteiger partial charge in [0.2, 0.25) is 0 Å². The number of rotatable bonds is 7. The summed E-state index contributed by atoms with van der Waals surface area (Å²) in [6, 6.07) is 24.7. The van der Waals surface area contributed by atoms with Crippen molar-refractivity contribution >= 4 is 29.2 Å². The smallest absolute Gasteiger partial charge is 0.355 e. The molecule has 0 spiro atoms. The molecule has 1 unspecified atom stereocenters. The van der Waals surface area contributed by atoms with Crippen molar-refractivity contribution in [2.45, 2.75) is 19.3 Å². The lowest BCUT2D eigenvalue weighted by atomic mass is 9.80. The van der Waals surface area contributed by atoms with Crippen LogP contribution in [0.2, 0.25) is 0 Å². The highest BCUT2D eigenvalue weighted by Crippen LogP contribution is 2.44. The highest BCUT2D eigenvalue weighted by molar-refractivity contribution is 6.12. The highest BCUT2D eigenvalue weighted by atomic mass is 16.5. The topological polar surface area (TPSA) is 135 Å². The fourth-order valence-electron chi connectivity index (χ4n) is 4.76. The Hall–Kier alpha value is -5.36. The standard InChI is InChI=1S/C31H28N4O5/c1-4-19-12-8-10-16-23(19)34-29(36)21-15-9-11-17-24(21)35-27(31(38)40-3)26(30(37)39-2)25(22(18-32)28(35)33)20-13-6-5-7-14-20/h5-17,25H,4,33H2,1-3H3,(H,34,36). The number of benzene rings is 3. The Morgan fingerprint density at radius 3 is 2.20 bits per heavy atom. The number of para-hydroxylation sites is 2. The number of aryl methyl sites for hydroxylation is 1. The molecular weight excluding hydrogens is 508 g/mol. The van der Waals surface area contributed by atoms with E-state index in [-0.39, 0.29) is 33.9 Å². The summed E-state index contributed by atoms with van der Waals surface area (Å²) in [5.41, 5.74) is 8.65. The van der Waals surface area contributed by atoms with Crippen LogP contribution in [0.25, 0.3) is 0 Å². The van der Waals surface area contributed by atoms with Crippen LogP contribution < -0.4 is 16.0 Å². The van der Waals surface area contributed by atoms with Crippen molar-refractivity contribution in [1.82, 2.24) is 0 Å². The van der Waals surface area contributed by atoms with Crippen LogP contribution in [-0.4, -0.2) is 32.1 Å². The van der Waals surface area contributed by atoms with Gasteiger partial charge in [0.1, 0.15) is 11.5 Å². The molecule has 0 saturated carbocycles. The first kappa shape index (κ1) is 27.7. The van der Waals surface area contributed by atoms with Crippen LogP contribution in [0.15, 0.2) is 102 Å². The molecule has 1 aliphatic rings. The first-order valence-corrected chi connectivity index (χ1v) is 12.5. The molecule has 0 aromatic heterocycles. The fourth-order valence-corrected chi connectivity index (χ4v) is 4.76. The summed E-state index contributed by atoms with van der Waals surface area (Å²) >= 11 is 0. The minimum atomic E-state index is -1.01. The van der Waals surface area contributed by atoms with Crippen molar-refractivity contribution < 1.29 is 23.9 Å². The first-order valence-electron chi connectivity index (χ1n) is 12.5. The molecule has 1 aliphatic heterocycles. The van der Waals surface area contributed by atoms with Gasteiger partial charge in [-0.3, -0.25) is 9.69 Å². The number of allylic oxidation sites excluding steroid dienone is 1. The van der Waals surface area contributed by atoms with E-state index in [2.05, 4.69) is 11.4 Å². The summed E-state index contributed by atoms with van der Waals surface area (Å²) in [7, 11) is 2.34. The number of methoxy groups -OCH3 is 2. The van der Waals surface area contributed by atoms with E-state index in [1.165, 1.54) is 19.1 Å². The second kappa shape index (κ2) is 12.0. The summed E-state index contributed by atoms with van der Waals surface area (Å²) in [6.07, 6.45) is 0.698. The Labute approximate surface area is 232 Å². The van der Waals surface area contributed by atoms with Crippen LogP contribution in [0.3, 0.4) is 0 Å². The number of carbonyl (C=O) groups excluding carboxylic acids is 3. The number of nitrogens with two attached hydrogens (primary N) is 1. The Kier molecular flexibility index (Phi) is 8.30. The van der Waals surface area contributed by atoms with Crippen molar-refractivity contribution in [3.8, 4) is 6.07 Å². The van der Waals surface area contributed by atoms with Gasteiger partial charge in [0.05, 0.1) is 48.6 Å². The molecule has 3 aromatic rings. The lowest BCUT2D eigenvalue weighted by Gasteiger charge is -2.36. The van der Waals surface area contributed by atoms with E-state index in [4.69, 9.17) is 15.2 Å². The number of hydrogen-bond donors (Lipinski definition) is 2. The van der Waals surface area contributed by atoms with E-state index in [0.29, 0.717) is 17.7 Å². The van der Waals surface area contributed by atoms with Gasteiger partial charge >= 0.3 is 11.9 Å². The molecule has 0 radical (unpaired) electrons. The van der Waals surface area contributed by atoms with Gasteiger partial charge in [-0.05, 0) is 35.7 Å². The molecule has 3 aromatic carbocycles. The molecule has 0 bridgehead atoms. The summed E-state index contributed by atoms with van der Waals surface area (Å²) in [4.78, 5) is 41.5. The highest BCUT2D eigenvalue weighted by Gasteiger charge is 2.43. The number of nitriles is 1. The molecule has 0 saturated heterocycles. The van der Waals surface area contributed by atoms with Gasteiger partial charge in [0.25, 0.3) is 5.91 Å². The van der Waals surface area contributed by atoms with Crippen molar-refractivity contribution in [1.29, 1.82) is 5.26 Å². The van der Waals surface area contributed by atoms with Gasteiger partial charge in [-0.1, -0.05) is 67.6 Å². The molecule has 3 N–H and O–H groups in total. The molecule has 1 heterocycles. The number of hydrogen-bond acceptors (Lipinski definition) is 8. The van der Waals surface area contributed by atoms with Crippen LogP contribution in [0.5, 0.6) is 0 Å². The number of carbonyl (C=O) groups is 3. The first-order chi connectivity index (χ1) is 19.4. The average molecular weight is 537 g/mol. The van der Waals surface area contributed by atoms with Crippen molar-refractivity contribution in [2.24, 2.45) is 5.73 Å². The fraction of sp³-hybridized carbons (Fsp3) is 0.161. The van der Waals surface area contributed by atoms with Crippen LogP contribution in [-0.2, 0) is 25.5 Å². The average Bonchev–Trinajstić information content (AvgIpc) is 3.00. The molecule has 0 fully saturated rings. The van der Waals surface area contributed by atoms with Crippen LogP contribution in [0.1, 0.15) is 34.3 Å². The maximum Gasteiger partial charge on any atom is 0.355 e. The van der Waals surface area contributed by atoms with Gasteiger partial charge in [0.15, 0.2) is 0 Å². The number of nitrogens with zero attached hydrogens (tertiary/aromatic N) is 2. The van der Waals surface area contributed by atoms with Gasteiger partial charge < -0.3 is 20.5 Å². The Morgan fingerprint density at radius 1 is 0.925 bits per heavy atom.